The molecular weight excluding hydrogens is 464 g/mol. The van der Waals surface area contributed by atoms with Crippen LogP contribution >= 0.6 is 15.9 Å². The normalized spacial score (nSPS) is 10.1. The summed E-state index contributed by atoms with van der Waals surface area (Å²) in [4.78, 5) is 24.0. The number of carbonyl (C=O) groups is 2. The van der Waals surface area contributed by atoms with Crippen molar-refractivity contribution in [1.29, 1.82) is 0 Å². The maximum atomic E-state index is 12.2. The largest absolute Gasteiger partial charge is 0.490 e. The Kier molecular flexibility index (Phi) is 8.30. The highest BCUT2D eigenvalue weighted by molar-refractivity contribution is 9.10. The van der Waals surface area contributed by atoms with Gasteiger partial charge in [-0.1, -0.05) is 34.1 Å². The Bertz CT molecular complexity index is 979. The van der Waals surface area contributed by atoms with Crippen LogP contribution in [0.15, 0.2) is 83.3 Å². The van der Waals surface area contributed by atoms with Crippen molar-refractivity contribution in [2.75, 3.05) is 19.8 Å². The van der Waals surface area contributed by atoms with Crippen molar-refractivity contribution >= 4 is 27.7 Å². The van der Waals surface area contributed by atoms with E-state index in [0.29, 0.717) is 30.3 Å². The SMILES string of the molecule is O=C(COc1ccc(Br)cc1)NNC(=O)c1ccc(OCCOc2ccccc2)cc1. The van der Waals surface area contributed by atoms with Gasteiger partial charge in [0, 0.05) is 10.0 Å². The molecule has 0 aliphatic heterocycles. The molecule has 0 heterocycles. The maximum absolute atomic E-state index is 12.2. The van der Waals surface area contributed by atoms with Crippen molar-refractivity contribution in [1.82, 2.24) is 10.9 Å². The van der Waals surface area contributed by atoms with Gasteiger partial charge in [0.15, 0.2) is 6.61 Å². The highest BCUT2D eigenvalue weighted by atomic mass is 79.9. The zero-order valence-corrected chi connectivity index (χ0v) is 18.1. The number of carbonyl (C=O) groups excluding carboxylic acids is 2. The summed E-state index contributed by atoms with van der Waals surface area (Å²) in [5, 5.41) is 0. The predicted molar refractivity (Wildman–Crippen MR) is 119 cm³/mol. The lowest BCUT2D eigenvalue weighted by Crippen LogP contribution is -2.43. The van der Waals surface area contributed by atoms with Crippen LogP contribution in [-0.2, 0) is 4.79 Å². The van der Waals surface area contributed by atoms with E-state index in [1.807, 2.05) is 30.3 Å². The smallest absolute Gasteiger partial charge is 0.276 e. The first-order valence-electron chi connectivity index (χ1n) is 9.48. The van der Waals surface area contributed by atoms with Gasteiger partial charge in [0.2, 0.25) is 0 Å². The number of hydrogen-bond acceptors (Lipinski definition) is 5. The van der Waals surface area contributed by atoms with Gasteiger partial charge in [-0.25, -0.2) is 0 Å². The van der Waals surface area contributed by atoms with Crippen LogP contribution in [0.3, 0.4) is 0 Å². The topological polar surface area (TPSA) is 85.9 Å². The van der Waals surface area contributed by atoms with Gasteiger partial charge < -0.3 is 14.2 Å². The van der Waals surface area contributed by atoms with E-state index in [1.54, 1.807) is 48.5 Å². The maximum Gasteiger partial charge on any atom is 0.276 e. The molecule has 3 aromatic carbocycles. The van der Waals surface area contributed by atoms with Gasteiger partial charge in [0.25, 0.3) is 11.8 Å². The Morgan fingerprint density at radius 2 is 1.23 bits per heavy atom. The third kappa shape index (κ3) is 7.67. The van der Waals surface area contributed by atoms with E-state index in [9.17, 15) is 9.59 Å². The molecule has 31 heavy (non-hydrogen) atoms. The molecule has 2 amide bonds. The van der Waals surface area contributed by atoms with Gasteiger partial charge in [0.05, 0.1) is 0 Å². The molecule has 160 valence electrons. The van der Waals surface area contributed by atoms with E-state index < -0.39 is 11.8 Å². The second-order valence-corrected chi connectivity index (χ2v) is 7.19. The van der Waals surface area contributed by atoms with Gasteiger partial charge in [0.1, 0.15) is 30.5 Å². The van der Waals surface area contributed by atoms with Crippen molar-refractivity contribution in [2.45, 2.75) is 0 Å². The molecule has 7 nitrogen and oxygen atoms in total. The van der Waals surface area contributed by atoms with Gasteiger partial charge in [-0.2, -0.15) is 0 Å². The van der Waals surface area contributed by atoms with Crippen LogP contribution in [0.2, 0.25) is 0 Å². The van der Waals surface area contributed by atoms with Gasteiger partial charge in [-0.3, -0.25) is 20.4 Å². The van der Waals surface area contributed by atoms with Gasteiger partial charge in [-0.05, 0) is 60.7 Å². The molecule has 0 radical (unpaired) electrons. The third-order valence-electron chi connectivity index (χ3n) is 3.98. The lowest BCUT2D eigenvalue weighted by molar-refractivity contribution is -0.123. The summed E-state index contributed by atoms with van der Waals surface area (Å²) >= 11 is 3.32. The molecule has 0 fully saturated rings. The Hall–Kier alpha value is -3.52. The molecule has 2 N–H and O–H groups in total. The van der Waals surface area contributed by atoms with E-state index >= 15 is 0 Å². The molecule has 0 saturated carbocycles. The van der Waals surface area contributed by atoms with E-state index in [2.05, 4.69) is 26.8 Å². The lowest BCUT2D eigenvalue weighted by atomic mass is 10.2. The van der Waals surface area contributed by atoms with Gasteiger partial charge in [-0.15, -0.1) is 0 Å². The molecule has 0 atom stereocenters. The number of halogens is 1. The van der Waals surface area contributed by atoms with E-state index in [1.165, 1.54) is 0 Å². The van der Waals surface area contributed by atoms with Crippen LogP contribution in [0.4, 0.5) is 0 Å². The van der Waals surface area contributed by atoms with Gasteiger partial charge >= 0.3 is 0 Å². The fourth-order valence-electron chi connectivity index (χ4n) is 2.45. The first-order chi connectivity index (χ1) is 15.1. The second kappa shape index (κ2) is 11.6. The Labute approximate surface area is 188 Å². The quantitative estimate of drug-likeness (QED) is 0.356. The lowest BCUT2D eigenvalue weighted by Gasteiger charge is -2.10. The summed E-state index contributed by atoms with van der Waals surface area (Å²) in [6.07, 6.45) is 0. The van der Waals surface area contributed by atoms with Crippen LogP contribution < -0.4 is 25.1 Å². The van der Waals surface area contributed by atoms with Crippen LogP contribution in [0.25, 0.3) is 0 Å². The number of ether oxygens (including phenoxy) is 3. The van der Waals surface area contributed by atoms with Crippen molar-refractivity contribution in [3.05, 3.63) is 88.9 Å². The molecule has 0 aromatic heterocycles. The van der Waals surface area contributed by atoms with Crippen molar-refractivity contribution in [3.8, 4) is 17.2 Å². The highest BCUT2D eigenvalue weighted by Crippen LogP contribution is 2.16. The summed E-state index contributed by atoms with van der Waals surface area (Å²) in [5.74, 6) is 1.02. The predicted octanol–water partition coefficient (Wildman–Crippen LogP) is 3.75. The Balaban J connectivity index is 1.35. The molecule has 0 aliphatic rings. The monoisotopic (exact) mass is 484 g/mol. The standard InChI is InChI=1S/C23H21BrN2O5/c24-18-8-12-21(13-9-18)31-16-22(27)25-26-23(28)17-6-10-20(11-7-17)30-15-14-29-19-4-2-1-3-5-19/h1-13H,14-16H2,(H,25,27)(H,26,28). The number of nitrogens with one attached hydrogen (secondary N) is 2. The fraction of sp³-hybridized carbons (Fsp3) is 0.130. The fourth-order valence-corrected chi connectivity index (χ4v) is 2.72. The van der Waals surface area contributed by atoms with Crippen LogP contribution in [-0.4, -0.2) is 31.6 Å². The van der Waals surface area contributed by atoms with E-state index in [0.717, 1.165) is 10.2 Å². The molecule has 8 heteroatoms. The summed E-state index contributed by atoms with van der Waals surface area (Å²) in [6.45, 7) is 0.551. The zero-order valence-electron chi connectivity index (χ0n) is 16.5. The van der Waals surface area contributed by atoms with Crippen LogP contribution in [0, 0.1) is 0 Å². The molecule has 0 aliphatic carbocycles. The Morgan fingerprint density at radius 1 is 0.677 bits per heavy atom. The second-order valence-electron chi connectivity index (χ2n) is 6.28. The third-order valence-corrected chi connectivity index (χ3v) is 4.51. The van der Waals surface area contributed by atoms with Crippen LogP contribution in [0.1, 0.15) is 10.4 Å². The van der Waals surface area contributed by atoms with Crippen molar-refractivity contribution < 1.29 is 23.8 Å². The van der Waals surface area contributed by atoms with Crippen molar-refractivity contribution in [3.63, 3.8) is 0 Å². The summed E-state index contributed by atoms with van der Waals surface area (Å²) in [5.41, 5.74) is 5.04. The highest BCUT2D eigenvalue weighted by Gasteiger charge is 2.08. The minimum absolute atomic E-state index is 0.222. The summed E-state index contributed by atoms with van der Waals surface area (Å²) in [7, 11) is 0. The Morgan fingerprint density at radius 3 is 1.87 bits per heavy atom. The van der Waals surface area contributed by atoms with E-state index in [-0.39, 0.29) is 6.61 Å². The molecule has 0 saturated heterocycles. The molecule has 0 spiro atoms. The molecular formula is C23H21BrN2O5. The first-order valence-corrected chi connectivity index (χ1v) is 10.3. The average molecular weight is 485 g/mol. The van der Waals surface area contributed by atoms with E-state index in [4.69, 9.17) is 14.2 Å². The number of para-hydroxylation sites is 1. The van der Waals surface area contributed by atoms with Crippen molar-refractivity contribution in [2.24, 2.45) is 0 Å². The number of benzene rings is 3. The average Bonchev–Trinajstić information content (AvgIpc) is 2.81. The number of hydrogen-bond donors (Lipinski definition) is 2. The number of hydrazine groups is 1. The zero-order chi connectivity index (χ0) is 21.9. The minimum Gasteiger partial charge on any atom is -0.490 e. The summed E-state index contributed by atoms with van der Waals surface area (Å²) < 4.78 is 17.4. The first kappa shape index (κ1) is 22.2. The molecule has 0 bridgehead atoms. The molecule has 3 aromatic rings. The number of rotatable bonds is 9. The summed E-state index contributed by atoms with van der Waals surface area (Å²) in [6, 6.07) is 23.1. The number of amides is 2. The molecule has 0 unspecified atom stereocenters. The minimum atomic E-state index is -0.477. The molecule has 3 rings (SSSR count). The van der Waals surface area contributed by atoms with Crippen LogP contribution in [0.5, 0.6) is 17.2 Å².